The Hall–Kier alpha value is -2.40. The van der Waals surface area contributed by atoms with E-state index in [0.717, 1.165) is 28.1 Å². The van der Waals surface area contributed by atoms with Crippen LogP contribution in [-0.4, -0.2) is 14.6 Å². The second-order valence-corrected chi connectivity index (χ2v) is 5.23. The molecule has 0 bridgehead atoms. The van der Waals surface area contributed by atoms with Gasteiger partial charge in [-0.1, -0.05) is 42.5 Å². The van der Waals surface area contributed by atoms with E-state index in [1.807, 2.05) is 55.6 Å². The molecule has 0 amide bonds. The molecule has 21 heavy (non-hydrogen) atoms. The van der Waals surface area contributed by atoms with Crippen LogP contribution in [0, 0.1) is 6.92 Å². The maximum Gasteiger partial charge on any atom is 0.123 e. The zero-order valence-corrected chi connectivity index (χ0v) is 12.4. The maximum atomic E-state index is 5.82. The van der Waals surface area contributed by atoms with Crippen LogP contribution in [0.5, 0.6) is 5.75 Å². The van der Waals surface area contributed by atoms with Crippen LogP contribution < -0.4 is 10.5 Å². The summed E-state index contributed by atoms with van der Waals surface area (Å²) in [5.74, 6) is 0.767. The van der Waals surface area contributed by atoms with E-state index in [9.17, 15) is 0 Å². The molecule has 5 heteroatoms. The molecule has 0 atom stereocenters. The van der Waals surface area contributed by atoms with Gasteiger partial charge in [0.1, 0.15) is 17.3 Å². The fraction of sp³-hybridized carbons (Fsp3) is 0.125. The smallest absolute Gasteiger partial charge is 0.123 e. The number of thiocarbonyl (C=S) groups is 1. The summed E-state index contributed by atoms with van der Waals surface area (Å²) in [6.07, 6.45) is 1.85. The first kappa shape index (κ1) is 13.6. The highest BCUT2D eigenvalue weighted by Gasteiger charge is 2.12. The molecule has 0 radical (unpaired) electrons. The predicted octanol–water partition coefficient (Wildman–Crippen LogP) is 2.86. The van der Waals surface area contributed by atoms with Gasteiger partial charge in [0.05, 0.1) is 16.8 Å². The Labute approximate surface area is 128 Å². The number of aromatic nitrogens is 2. The SMILES string of the molecule is Cc1nn2ccc(OCc3ccccc3)cc2c1C(N)=S. The second-order valence-electron chi connectivity index (χ2n) is 4.79. The van der Waals surface area contributed by atoms with Gasteiger partial charge in [0.2, 0.25) is 0 Å². The van der Waals surface area contributed by atoms with Crippen molar-refractivity contribution in [2.75, 3.05) is 0 Å². The topological polar surface area (TPSA) is 52.5 Å². The number of hydrogen-bond acceptors (Lipinski definition) is 3. The van der Waals surface area contributed by atoms with Gasteiger partial charge in [0, 0.05) is 12.3 Å². The molecule has 4 nitrogen and oxygen atoms in total. The minimum Gasteiger partial charge on any atom is -0.489 e. The quantitative estimate of drug-likeness (QED) is 0.752. The van der Waals surface area contributed by atoms with Crippen molar-refractivity contribution in [2.24, 2.45) is 5.73 Å². The van der Waals surface area contributed by atoms with E-state index in [2.05, 4.69) is 5.10 Å². The molecule has 3 aromatic rings. The van der Waals surface area contributed by atoms with Crippen molar-refractivity contribution in [3.8, 4) is 5.75 Å². The van der Waals surface area contributed by atoms with Crippen molar-refractivity contribution in [1.29, 1.82) is 0 Å². The summed E-state index contributed by atoms with van der Waals surface area (Å²) in [5, 5.41) is 4.39. The van der Waals surface area contributed by atoms with Crippen molar-refractivity contribution < 1.29 is 4.74 Å². The minimum atomic E-state index is 0.350. The minimum absolute atomic E-state index is 0.350. The van der Waals surface area contributed by atoms with Crippen molar-refractivity contribution in [3.05, 3.63) is 65.5 Å². The summed E-state index contributed by atoms with van der Waals surface area (Å²) in [5.41, 5.74) is 9.39. The van der Waals surface area contributed by atoms with E-state index in [4.69, 9.17) is 22.7 Å². The molecule has 0 aliphatic heterocycles. The number of nitrogens with two attached hydrogens (primary N) is 1. The lowest BCUT2D eigenvalue weighted by atomic mass is 10.2. The van der Waals surface area contributed by atoms with Crippen molar-refractivity contribution in [2.45, 2.75) is 13.5 Å². The highest BCUT2D eigenvalue weighted by atomic mass is 32.1. The summed E-state index contributed by atoms with van der Waals surface area (Å²) in [6, 6.07) is 13.8. The van der Waals surface area contributed by atoms with Gasteiger partial charge in [-0.2, -0.15) is 5.10 Å². The third kappa shape index (κ3) is 2.73. The molecular weight excluding hydrogens is 282 g/mol. The number of hydrogen-bond donors (Lipinski definition) is 1. The van der Waals surface area contributed by atoms with Crippen molar-refractivity contribution >= 4 is 22.7 Å². The zero-order chi connectivity index (χ0) is 14.8. The Morgan fingerprint density at radius 2 is 2.05 bits per heavy atom. The summed E-state index contributed by atoms with van der Waals surface area (Å²) in [7, 11) is 0. The van der Waals surface area contributed by atoms with Gasteiger partial charge < -0.3 is 10.5 Å². The third-order valence-electron chi connectivity index (χ3n) is 3.28. The largest absolute Gasteiger partial charge is 0.489 e. The Morgan fingerprint density at radius 3 is 2.76 bits per heavy atom. The van der Waals surface area contributed by atoms with Crippen LogP contribution in [0.25, 0.3) is 5.52 Å². The summed E-state index contributed by atoms with van der Waals surface area (Å²) < 4.78 is 7.58. The molecule has 1 aromatic carbocycles. The molecule has 3 rings (SSSR count). The lowest BCUT2D eigenvalue weighted by Crippen LogP contribution is -2.10. The molecule has 0 unspecified atom stereocenters. The van der Waals surface area contributed by atoms with E-state index in [1.165, 1.54) is 0 Å². The van der Waals surface area contributed by atoms with Crippen molar-refractivity contribution in [1.82, 2.24) is 9.61 Å². The molecule has 2 N–H and O–H groups in total. The van der Waals surface area contributed by atoms with Crippen LogP contribution in [0.15, 0.2) is 48.7 Å². The Kier molecular flexibility index (Phi) is 3.58. The average Bonchev–Trinajstić information content (AvgIpc) is 2.81. The Morgan fingerprint density at radius 1 is 1.29 bits per heavy atom. The molecule has 0 aliphatic rings. The number of fused-ring (bicyclic) bond motifs is 1. The van der Waals surface area contributed by atoms with Crippen molar-refractivity contribution in [3.63, 3.8) is 0 Å². The fourth-order valence-corrected chi connectivity index (χ4v) is 2.53. The normalized spacial score (nSPS) is 10.7. The summed E-state index contributed by atoms with van der Waals surface area (Å²) in [6.45, 7) is 2.42. The van der Waals surface area contributed by atoms with E-state index < -0.39 is 0 Å². The van der Waals surface area contributed by atoms with Crippen LogP contribution in [0.1, 0.15) is 16.8 Å². The van der Waals surface area contributed by atoms with E-state index in [1.54, 1.807) is 4.52 Å². The summed E-state index contributed by atoms with van der Waals surface area (Å²) >= 11 is 5.10. The van der Waals surface area contributed by atoms with Gasteiger partial charge in [-0.05, 0) is 18.6 Å². The number of rotatable bonds is 4. The van der Waals surface area contributed by atoms with Crippen LogP contribution in [0.4, 0.5) is 0 Å². The maximum absolute atomic E-state index is 5.82. The molecule has 0 fully saturated rings. The number of aryl methyl sites for hydroxylation is 1. The molecular formula is C16H15N3OS. The third-order valence-corrected chi connectivity index (χ3v) is 3.48. The Bertz CT molecular complexity index is 796. The predicted molar refractivity (Wildman–Crippen MR) is 86.6 cm³/mol. The van der Waals surface area contributed by atoms with Gasteiger partial charge >= 0.3 is 0 Å². The van der Waals surface area contributed by atoms with Crippen LogP contribution in [0.3, 0.4) is 0 Å². The first-order chi connectivity index (χ1) is 10.1. The van der Waals surface area contributed by atoms with Gasteiger partial charge in [-0.25, -0.2) is 4.52 Å². The molecule has 106 valence electrons. The standard InChI is InChI=1S/C16H15N3OS/c1-11-15(16(17)21)14-9-13(7-8-19(14)18-11)20-10-12-5-3-2-4-6-12/h2-9H,10H2,1H3,(H2,17,21). The van der Waals surface area contributed by atoms with Crippen LogP contribution in [0.2, 0.25) is 0 Å². The van der Waals surface area contributed by atoms with Crippen LogP contribution >= 0.6 is 12.2 Å². The van der Waals surface area contributed by atoms with Gasteiger partial charge in [0.25, 0.3) is 0 Å². The Balaban J connectivity index is 1.90. The lowest BCUT2D eigenvalue weighted by Gasteiger charge is -2.07. The van der Waals surface area contributed by atoms with Gasteiger partial charge in [-0.3, -0.25) is 0 Å². The van der Waals surface area contributed by atoms with E-state index in [-0.39, 0.29) is 0 Å². The second kappa shape index (κ2) is 5.54. The number of ether oxygens (including phenoxy) is 1. The molecule has 0 saturated carbocycles. The highest BCUT2D eigenvalue weighted by Crippen LogP contribution is 2.21. The van der Waals surface area contributed by atoms with E-state index >= 15 is 0 Å². The van der Waals surface area contributed by atoms with E-state index in [0.29, 0.717) is 11.6 Å². The van der Waals surface area contributed by atoms with Crippen LogP contribution in [-0.2, 0) is 6.61 Å². The molecule has 2 heterocycles. The fourth-order valence-electron chi connectivity index (χ4n) is 2.28. The first-order valence-electron chi connectivity index (χ1n) is 6.60. The first-order valence-corrected chi connectivity index (χ1v) is 7.01. The van der Waals surface area contributed by atoms with Gasteiger partial charge in [0.15, 0.2) is 0 Å². The van der Waals surface area contributed by atoms with Gasteiger partial charge in [-0.15, -0.1) is 0 Å². The molecule has 0 spiro atoms. The number of pyridine rings is 1. The molecule has 0 saturated heterocycles. The summed E-state index contributed by atoms with van der Waals surface area (Å²) in [4.78, 5) is 0.350. The number of benzene rings is 1. The zero-order valence-electron chi connectivity index (χ0n) is 11.6. The highest BCUT2D eigenvalue weighted by molar-refractivity contribution is 7.80. The molecule has 0 aliphatic carbocycles. The lowest BCUT2D eigenvalue weighted by molar-refractivity contribution is 0.306. The average molecular weight is 297 g/mol. The number of nitrogens with zero attached hydrogens (tertiary/aromatic N) is 2. The monoisotopic (exact) mass is 297 g/mol. The molecule has 2 aromatic heterocycles.